The van der Waals surface area contributed by atoms with Crippen molar-refractivity contribution in [3.63, 3.8) is 0 Å². The van der Waals surface area contributed by atoms with Gasteiger partial charge in [0.1, 0.15) is 5.76 Å². The summed E-state index contributed by atoms with van der Waals surface area (Å²) >= 11 is 0. The van der Waals surface area contributed by atoms with Crippen molar-refractivity contribution in [2.45, 2.75) is 26.3 Å². The van der Waals surface area contributed by atoms with Crippen LogP contribution < -0.4 is 0 Å². The third-order valence-electron chi connectivity index (χ3n) is 3.49. The molecule has 0 spiro atoms. The van der Waals surface area contributed by atoms with Crippen LogP contribution in [0.15, 0.2) is 34.7 Å². The highest BCUT2D eigenvalue weighted by Crippen LogP contribution is 2.23. The first kappa shape index (κ1) is 11.5. The highest BCUT2D eigenvalue weighted by Gasteiger charge is 2.17. The minimum Gasteiger partial charge on any atom is -0.441 e. The number of aryl methyl sites for hydroxylation is 1. The number of benzene rings is 1. The molecule has 1 aliphatic heterocycles. The zero-order valence-corrected chi connectivity index (χ0v) is 10.7. The SMILES string of the molecule is Cc1oc(-c2ccccc2)nc1CN1CCCC1. The van der Waals surface area contributed by atoms with Gasteiger partial charge in [-0.3, -0.25) is 4.90 Å². The molecule has 1 aromatic heterocycles. The molecule has 0 aliphatic carbocycles. The molecule has 3 nitrogen and oxygen atoms in total. The van der Waals surface area contributed by atoms with Crippen molar-refractivity contribution in [1.29, 1.82) is 0 Å². The fourth-order valence-electron chi connectivity index (χ4n) is 2.43. The Morgan fingerprint density at radius 3 is 2.61 bits per heavy atom. The molecule has 1 aliphatic rings. The maximum absolute atomic E-state index is 5.77. The largest absolute Gasteiger partial charge is 0.441 e. The van der Waals surface area contributed by atoms with Crippen molar-refractivity contribution in [2.75, 3.05) is 13.1 Å². The molecule has 2 heterocycles. The molecule has 18 heavy (non-hydrogen) atoms. The van der Waals surface area contributed by atoms with Gasteiger partial charge in [0.2, 0.25) is 5.89 Å². The standard InChI is InChI=1S/C15H18N2O/c1-12-14(11-17-9-5-6-10-17)16-15(18-12)13-7-3-2-4-8-13/h2-4,7-8H,5-6,9-11H2,1H3. The molecular formula is C15H18N2O. The van der Waals surface area contributed by atoms with Crippen LogP contribution in [0.3, 0.4) is 0 Å². The van der Waals surface area contributed by atoms with Crippen LogP contribution in [0.25, 0.3) is 11.5 Å². The second-order valence-corrected chi connectivity index (χ2v) is 4.87. The zero-order chi connectivity index (χ0) is 12.4. The van der Waals surface area contributed by atoms with Crippen molar-refractivity contribution in [2.24, 2.45) is 0 Å². The minimum atomic E-state index is 0.738. The zero-order valence-electron chi connectivity index (χ0n) is 10.7. The summed E-state index contributed by atoms with van der Waals surface area (Å²) in [6.07, 6.45) is 2.62. The first-order valence-electron chi connectivity index (χ1n) is 6.57. The lowest BCUT2D eigenvalue weighted by atomic mass is 10.2. The number of hydrogen-bond acceptors (Lipinski definition) is 3. The van der Waals surface area contributed by atoms with Crippen molar-refractivity contribution in [1.82, 2.24) is 9.88 Å². The van der Waals surface area contributed by atoms with Crippen LogP contribution in [-0.2, 0) is 6.54 Å². The van der Waals surface area contributed by atoms with Crippen LogP contribution in [0.2, 0.25) is 0 Å². The molecule has 1 aromatic carbocycles. The number of rotatable bonds is 3. The topological polar surface area (TPSA) is 29.3 Å². The number of oxazole rings is 1. The maximum atomic E-state index is 5.77. The van der Waals surface area contributed by atoms with E-state index in [0.29, 0.717) is 0 Å². The van der Waals surface area contributed by atoms with Gasteiger partial charge in [-0.25, -0.2) is 4.98 Å². The Labute approximate surface area is 107 Å². The lowest BCUT2D eigenvalue weighted by Gasteiger charge is -2.12. The van der Waals surface area contributed by atoms with Gasteiger partial charge in [0, 0.05) is 12.1 Å². The fourth-order valence-corrected chi connectivity index (χ4v) is 2.43. The fraction of sp³-hybridized carbons (Fsp3) is 0.400. The van der Waals surface area contributed by atoms with E-state index in [1.165, 1.54) is 25.9 Å². The van der Waals surface area contributed by atoms with Gasteiger partial charge in [-0.2, -0.15) is 0 Å². The molecular weight excluding hydrogens is 224 g/mol. The Kier molecular flexibility index (Phi) is 3.15. The highest BCUT2D eigenvalue weighted by atomic mass is 16.4. The highest BCUT2D eigenvalue weighted by molar-refractivity contribution is 5.53. The molecule has 1 fully saturated rings. The summed E-state index contributed by atoms with van der Waals surface area (Å²) in [5.41, 5.74) is 2.13. The van der Waals surface area contributed by atoms with E-state index in [2.05, 4.69) is 9.88 Å². The van der Waals surface area contributed by atoms with Crippen LogP contribution in [0.1, 0.15) is 24.3 Å². The second kappa shape index (κ2) is 4.94. The van der Waals surface area contributed by atoms with Gasteiger partial charge in [-0.15, -0.1) is 0 Å². The van der Waals surface area contributed by atoms with E-state index in [1.54, 1.807) is 0 Å². The average Bonchev–Trinajstić information content (AvgIpc) is 3.02. The number of hydrogen-bond donors (Lipinski definition) is 0. The number of nitrogens with zero attached hydrogens (tertiary/aromatic N) is 2. The van der Waals surface area contributed by atoms with E-state index >= 15 is 0 Å². The van der Waals surface area contributed by atoms with E-state index in [1.807, 2.05) is 37.3 Å². The van der Waals surface area contributed by atoms with E-state index in [9.17, 15) is 0 Å². The molecule has 0 amide bonds. The first-order chi connectivity index (χ1) is 8.83. The van der Waals surface area contributed by atoms with Crippen molar-refractivity contribution >= 4 is 0 Å². The molecule has 0 atom stereocenters. The summed E-state index contributed by atoms with van der Waals surface area (Å²) in [5.74, 6) is 1.68. The lowest BCUT2D eigenvalue weighted by molar-refractivity contribution is 0.325. The van der Waals surface area contributed by atoms with Crippen molar-refractivity contribution < 1.29 is 4.42 Å². The number of aromatic nitrogens is 1. The summed E-state index contributed by atoms with van der Waals surface area (Å²) in [7, 11) is 0. The quantitative estimate of drug-likeness (QED) is 0.827. The van der Waals surface area contributed by atoms with E-state index in [4.69, 9.17) is 4.42 Å². The van der Waals surface area contributed by atoms with Gasteiger partial charge in [-0.05, 0) is 45.0 Å². The van der Waals surface area contributed by atoms with Gasteiger partial charge in [0.15, 0.2) is 0 Å². The molecule has 0 radical (unpaired) electrons. The Morgan fingerprint density at radius 1 is 1.17 bits per heavy atom. The molecule has 3 rings (SSSR count). The molecule has 3 heteroatoms. The maximum Gasteiger partial charge on any atom is 0.226 e. The van der Waals surface area contributed by atoms with Gasteiger partial charge < -0.3 is 4.42 Å². The summed E-state index contributed by atoms with van der Waals surface area (Å²) < 4.78 is 5.77. The minimum absolute atomic E-state index is 0.738. The van der Waals surface area contributed by atoms with E-state index in [-0.39, 0.29) is 0 Å². The Bertz CT molecular complexity index is 513. The molecule has 0 saturated carbocycles. The summed E-state index contributed by atoms with van der Waals surface area (Å²) in [6, 6.07) is 10.1. The molecule has 0 bridgehead atoms. The normalized spacial score (nSPS) is 16.3. The van der Waals surface area contributed by atoms with Gasteiger partial charge in [0.25, 0.3) is 0 Å². The van der Waals surface area contributed by atoms with Crippen molar-refractivity contribution in [3.8, 4) is 11.5 Å². The van der Waals surface area contributed by atoms with Crippen LogP contribution in [0, 0.1) is 6.92 Å². The van der Waals surface area contributed by atoms with Crippen LogP contribution in [0.4, 0.5) is 0 Å². The molecule has 1 saturated heterocycles. The second-order valence-electron chi connectivity index (χ2n) is 4.87. The summed E-state index contributed by atoms with van der Waals surface area (Å²) in [6.45, 7) is 5.30. The Hall–Kier alpha value is -1.61. The van der Waals surface area contributed by atoms with Crippen LogP contribution in [-0.4, -0.2) is 23.0 Å². The Balaban J connectivity index is 1.82. The van der Waals surface area contributed by atoms with Gasteiger partial charge >= 0.3 is 0 Å². The monoisotopic (exact) mass is 242 g/mol. The van der Waals surface area contributed by atoms with Crippen molar-refractivity contribution in [3.05, 3.63) is 41.8 Å². The lowest BCUT2D eigenvalue weighted by Crippen LogP contribution is -2.19. The summed E-state index contributed by atoms with van der Waals surface area (Å²) in [4.78, 5) is 7.08. The van der Waals surface area contributed by atoms with E-state index < -0.39 is 0 Å². The van der Waals surface area contributed by atoms with Gasteiger partial charge in [-0.1, -0.05) is 18.2 Å². The predicted octanol–water partition coefficient (Wildman–Crippen LogP) is 3.25. The predicted molar refractivity (Wildman–Crippen MR) is 71.2 cm³/mol. The first-order valence-corrected chi connectivity index (χ1v) is 6.57. The smallest absolute Gasteiger partial charge is 0.226 e. The average molecular weight is 242 g/mol. The van der Waals surface area contributed by atoms with Crippen LogP contribution in [0.5, 0.6) is 0 Å². The third kappa shape index (κ3) is 2.31. The molecule has 0 unspecified atom stereocenters. The van der Waals surface area contributed by atoms with Gasteiger partial charge in [0.05, 0.1) is 5.69 Å². The summed E-state index contributed by atoms with van der Waals surface area (Å²) in [5, 5.41) is 0. The van der Waals surface area contributed by atoms with Crippen LogP contribution >= 0.6 is 0 Å². The number of likely N-dealkylation sites (tertiary alicyclic amines) is 1. The molecule has 0 N–H and O–H groups in total. The van der Waals surface area contributed by atoms with E-state index in [0.717, 1.165) is 29.5 Å². The Morgan fingerprint density at radius 2 is 1.89 bits per heavy atom. The third-order valence-corrected chi connectivity index (χ3v) is 3.49. The molecule has 2 aromatic rings. The molecule has 94 valence electrons.